The minimum atomic E-state index is -4.49. The molecule has 0 aliphatic carbocycles. The van der Waals surface area contributed by atoms with Crippen molar-refractivity contribution in [3.8, 4) is 17.2 Å². The van der Waals surface area contributed by atoms with E-state index in [9.17, 15) is 13.2 Å². The van der Waals surface area contributed by atoms with Gasteiger partial charge in [-0.3, -0.25) is 9.69 Å². The molecular formula is C35H42N4O8S. The Morgan fingerprint density at radius 3 is 2.06 bits per heavy atom. The number of carbonyl (C=O) groups is 2. The van der Waals surface area contributed by atoms with Crippen LogP contribution in [0.1, 0.15) is 29.5 Å². The van der Waals surface area contributed by atoms with Crippen LogP contribution in [0.2, 0.25) is 0 Å². The number of ether oxygens (including phenoxy) is 4. The number of piperazine rings is 1. The summed E-state index contributed by atoms with van der Waals surface area (Å²) in [5, 5.41) is 0. The van der Waals surface area contributed by atoms with E-state index in [1.807, 2.05) is 0 Å². The first-order valence-electron chi connectivity index (χ1n) is 16.0. The quantitative estimate of drug-likeness (QED) is 0.348. The molecule has 3 heterocycles. The number of amides is 2. The molecule has 2 saturated heterocycles. The van der Waals surface area contributed by atoms with Crippen molar-refractivity contribution in [1.82, 2.24) is 14.7 Å². The number of methoxy groups -OCH3 is 3. The molecule has 3 aromatic carbocycles. The minimum Gasteiger partial charge on any atom is -0.497 e. The molecule has 1 unspecified atom stereocenters. The highest BCUT2D eigenvalue weighted by molar-refractivity contribution is 7.93. The summed E-state index contributed by atoms with van der Waals surface area (Å²) in [4.78, 5) is 35.6. The molecule has 3 aliphatic rings. The van der Waals surface area contributed by atoms with Gasteiger partial charge in [0.25, 0.3) is 15.9 Å². The Labute approximate surface area is 281 Å². The summed E-state index contributed by atoms with van der Waals surface area (Å²) in [6.07, 6.45) is 1.39. The number of rotatable bonds is 8. The topological polar surface area (TPSA) is 118 Å². The van der Waals surface area contributed by atoms with E-state index in [1.165, 1.54) is 45.6 Å². The van der Waals surface area contributed by atoms with Crippen molar-refractivity contribution in [3.63, 3.8) is 0 Å². The molecule has 0 saturated carbocycles. The lowest BCUT2D eigenvalue weighted by Gasteiger charge is -2.42. The Hall–Kier alpha value is -4.33. The predicted molar refractivity (Wildman–Crippen MR) is 179 cm³/mol. The maximum atomic E-state index is 15.1. The van der Waals surface area contributed by atoms with Gasteiger partial charge >= 0.3 is 6.09 Å². The van der Waals surface area contributed by atoms with Gasteiger partial charge in [-0.1, -0.05) is 18.2 Å². The van der Waals surface area contributed by atoms with Crippen molar-refractivity contribution in [2.45, 2.75) is 36.3 Å². The average Bonchev–Trinajstić information content (AvgIpc) is 3.35. The lowest BCUT2D eigenvalue weighted by molar-refractivity contribution is -0.132. The molecule has 256 valence electrons. The third kappa shape index (κ3) is 5.73. The van der Waals surface area contributed by atoms with Crippen LogP contribution in [-0.4, -0.2) is 109 Å². The van der Waals surface area contributed by atoms with Gasteiger partial charge in [0, 0.05) is 37.8 Å². The number of nitrogens with zero attached hydrogens (tertiary/aromatic N) is 4. The zero-order valence-electron chi connectivity index (χ0n) is 28.0. The molecular weight excluding hydrogens is 636 g/mol. The molecule has 3 aliphatic heterocycles. The highest BCUT2D eigenvalue weighted by Crippen LogP contribution is 2.53. The number of likely N-dealkylation sites (tertiary alicyclic amines) is 1. The summed E-state index contributed by atoms with van der Waals surface area (Å²) in [6.45, 7) is 5.82. The van der Waals surface area contributed by atoms with E-state index >= 15 is 4.79 Å². The molecule has 6 rings (SSSR count). The Kier molecular flexibility index (Phi) is 9.29. The number of fused-ring (bicyclic) bond motifs is 1. The van der Waals surface area contributed by atoms with Gasteiger partial charge in [-0.25, -0.2) is 13.2 Å². The van der Waals surface area contributed by atoms with Gasteiger partial charge in [0.05, 0.1) is 37.5 Å². The summed E-state index contributed by atoms with van der Waals surface area (Å²) in [5.74, 6) is -0.0945. The van der Waals surface area contributed by atoms with Crippen molar-refractivity contribution in [3.05, 3.63) is 77.4 Å². The van der Waals surface area contributed by atoms with Crippen LogP contribution in [0.5, 0.6) is 17.2 Å². The number of hydrogen-bond donors (Lipinski definition) is 0. The normalized spacial score (nSPS) is 20.8. The molecule has 3 aromatic rings. The monoisotopic (exact) mass is 678 g/mol. The Morgan fingerprint density at radius 2 is 1.44 bits per heavy atom. The third-order valence-corrected chi connectivity index (χ3v) is 11.6. The van der Waals surface area contributed by atoms with Crippen molar-refractivity contribution in [2.24, 2.45) is 0 Å². The van der Waals surface area contributed by atoms with Crippen LogP contribution in [0.15, 0.2) is 65.6 Å². The van der Waals surface area contributed by atoms with E-state index < -0.39 is 27.6 Å². The molecule has 0 spiro atoms. The van der Waals surface area contributed by atoms with E-state index in [1.54, 1.807) is 48.2 Å². The molecule has 0 radical (unpaired) electrons. The van der Waals surface area contributed by atoms with E-state index in [0.717, 1.165) is 30.2 Å². The molecule has 1 atom stereocenters. The highest BCUT2D eigenvalue weighted by Gasteiger charge is 2.61. The van der Waals surface area contributed by atoms with Gasteiger partial charge in [-0.05, 0) is 87.9 Å². The number of piperidine rings is 1. The fourth-order valence-electron chi connectivity index (χ4n) is 6.98. The zero-order chi connectivity index (χ0) is 34.2. The van der Waals surface area contributed by atoms with Crippen LogP contribution in [-0.2, 0) is 25.2 Å². The lowest BCUT2D eigenvalue weighted by atomic mass is 9.86. The van der Waals surface area contributed by atoms with Gasteiger partial charge < -0.3 is 28.7 Å². The molecule has 12 nitrogen and oxygen atoms in total. The van der Waals surface area contributed by atoms with Crippen LogP contribution < -0.4 is 18.5 Å². The Balaban J connectivity index is 1.46. The highest BCUT2D eigenvalue weighted by atomic mass is 32.2. The van der Waals surface area contributed by atoms with Crippen molar-refractivity contribution in [1.29, 1.82) is 0 Å². The number of anilines is 1. The maximum absolute atomic E-state index is 15.1. The molecule has 2 amide bonds. The largest absolute Gasteiger partial charge is 0.497 e. The number of sulfonamides is 1. The minimum absolute atomic E-state index is 0.0359. The first-order chi connectivity index (χ1) is 23.0. The number of hydrogen-bond acceptors (Lipinski definition) is 10. The number of carbonyl (C=O) groups excluding carboxylic acids is 2. The Bertz CT molecular complexity index is 1800. The van der Waals surface area contributed by atoms with E-state index in [4.69, 9.17) is 18.9 Å². The van der Waals surface area contributed by atoms with Gasteiger partial charge in [0.15, 0.2) is 0 Å². The van der Waals surface area contributed by atoms with Gasteiger partial charge in [0.2, 0.25) is 5.60 Å². The fourth-order valence-corrected chi connectivity index (χ4v) is 8.67. The second kappa shape index (κ2) is 13.3. The maximum Gasteiger partial charge on any atom is 0.411 e. The first-order valence-corrected chi connectivity index (χ1v) is 17.5. The van der Waals surface area contributed by atoms with Gasteiger partial charge in [-0.2, -0.15) is 4.31 Å². The number of benzene rings is 3. The molecule has 48 heavy (non-hydrogen) atoms. The summed E-state index contributed by atoms with van der Waals surface area (Å²) in [6, 6.07) is 16.2. The summed E-state index contributed by atoms with van der Waals surface area (Å²) < 4.78 is 52.8. The summed E-state index contributed by atoms with van der Waals surface area (Å²) in [7, 11) is 1.99. The van der Waals surface area contributed by atoms with Crippen molar-refractivity contribution in [2.75, 3.05) is 72.0 Å². The molecule has 2 fully saturated rings. The van der Waals surface area contributed by atoms with Gasteiger partial charge in [-0.15, -0.1) is 0 Å². The Morgan fingerprint density at radius 1 is 0.812 bits per heavy atom. The fraction of sp³-hybridized carbons (Fsp3) is 0.429. The second-order valence-electron chi connectivity index (χ2n) is 12.4. The summed E-state index contributed by atoms with van der Waals surface area (Å²) >= 11 is 0. The van der Waals surface area contributed by atoms with Crippen LogP contribution in [0, 0.1) is 6.92 Å². The molecule has 0 bridgehead atoms. The van der Waals surface area contributed by atoms with Crippen LogP contribution >= 0.6 is 0 Å². The average molecular weight is 679 g/mol. The third-order valence-electron chi connectivity index (χ3n) is 9.70. The van der Waals surface area contributed by atoms with Gasteiger partial charge in [0.1, 0.15) is 17.2 Å². The van der Waals surface area contributed by atoms with E-state index in [-0.39, 0.29) is 27.5 Å². The zero-order valence-corrected chi connectivity index (χ0v) is 28.8. The molecule has 0 N–H and O–H groups in total. The summed E-state index contributed by atoms with van der Waals surface area (Å²) in [5.41, 5.74) is -1.55. The smallest absolute Gasteiger partial charge is 0.411 e. The van der Waals surface area contributed by atoms with Crippen molar-refractivity contribution >= 4 is 27.7 Å². The van der Waals surface area contributed by atoms with Crippen LogP contribution in [0.4, 0.5) is 10.5 Å². The van der Waals surface area contributed by atoms with Crippen LogP contribution in [0.25, 0.3) is 0 Å². The standard InChI is InChI=1S/C35H42N4O8S/c1-24-8-6-7-9-32(24)48(42,43)39-30-12-10-26(44-3)22-28(30)35(33(39)40,29-23-27(45-4)11-13-31(29)46-5)47-34(41)38-20-18-37(19-21-38)25-14-16-36(2)17-15-25/h6-13,22-23,25H,14-21H2,1-5H3. The van der Waals surface area contributed by atoms with E-state index in [0.29, 0.717) is 49.3 Å². The van der Waals surface area contributed by atoms with Crippen molar-refractivity contribution < 1.29 is 37.0 Å². The molecule has 0 aromatic heterocycles. The van der Waals surface area contributed by atoms with Crippen LogP contribution in [0.3, 0.4) is 0 Å². The predicted octanol–water partition coefficient (Wildman–Crippen LogP) is 3.85. The lowest BCUT2D eigenvalue weighted by Crippen LogP contribution is -2.55. The van der Waals surface area contributed by atoms with E-state index in [2.05, 4.69) is 16.8 Å². The number of aryl methyl sites for hydroxylation is 1. The molecule has 13 heteroatoms. The SMILES string of the molecule is COc1ccc(OC)c(C2(OC(=O)N3CCN(C4CCN(C)CC4)CC3)C(=O)N(S(=O)(=O)c3ccccc3C)c3ccc(OC)cc32)c1. The second-order valence-corrected chi connectivity index (χ2v) is 14.2. The first kappa shape index (κ1) is 33.6.